The molecule has 0 saturated heterocycles. The van der Waals surface area contributed by atoms with Gasteiger partial charge in [-0.05, 0) is 31.0 Å². The van der Waals surface area contributed by atoms with Crippen molar-refractivity contribution in [2.75, 3.05) is 20.3 Å². The Bertz CT molecular complexity index is 292. The number of nitrogens with one attached hydrogen (secondary N) is 1. The van der Waals surface area contributed by atoms with Crippen molar-refractivity contribution >= 4 is 23.1 Å². The average Bonchev–Trinajstić information content (AvgIpc) is 3.04. The Morgan fingerprint density at radius 2 is 2.40 bits per heavy atom. The van der Waals surface area contributed by atoms with Crippen molar-refractivity contribution in [1.82, 2.24) is 15.7 Å². The summed E-state index contributed by atoms with van der Waals surface area (Å²) in [5.41, 5.74) is 3.89. The molecule has 1 aliphatic heterocycles. The third-order valence-corrected chi connectivity index (χ3v) is 2.70. The van der Waals surface area contributed by atoms with Crippen molar-refractivity contribution in [3.05, 3.63) is 0 Å². The molecule has 0 amide bonds. The van der Waals surface area contributed by atoms with E-state index in [9.17, 15) is 5.21 Å². The van der Waals surface area contributed by atoms with Crippen LogP contribution in [0.3, 0.4) is 0 Å². The van der Waals surface area contributed by atoms with E-state index in [2.05, 4.69) is 10.4 Å². The van der Waals surface area contributed by atoms with Gasteiger partial charge < -0.3 is 4.74 Å². The summed E-state index contributed by atoms with van der Waals surface area (Å²) >= 11 is 4.86. The van der Waals surface area contributed by atoms with Gasteiger partial charge in [-0.3, -0.25) is 15.6 Å². The quantitative estimate of drug-likeness (QED) is 0.659. The van der Waals surface area contributed by atoms with E-state index < -0.39 is 0 Å². The molecule has 0 aromatic heterocycles. The van der Waals surface area contributed by atoms with Gasteiger partial charge in [0.15, 0.2) is 0 Å². The second-order valence-corrected chi connectivity index (χ2v) is 3.97. The van der Waals surface area contributed by atoms with Crippen molar-refractivity contribution < 1.29 is 9.94 Å². The van der Waals surface area contributed by atoms with E-state index in [1.165, 1.54) is 25.1 Å². The molecular weight excluding hydrogens is 216 g/mol. The summed E-state index contributed by atoms with van der Waals surface area (Å²) < 4.78 is 4.81. The maximum Gasteiger partial charge on any atom is 0.272 e. The number of ether oxygens (including phenoxy) is 1. The summed E-state index contributed by atoms with van der Waals surface area (Å²) in [5.74, 6) is 0.596. The van der Waals surface area contributed by atoms with Crippen LogP contribution in [0.1, 0.15) is 12.8 Å². The second kappa shape index (κ2) is 4.40. The van der Waals surface area contributed by atoms with Gasteiger partial charge in [0.1, 0.15) is 6.67 Å². The first-order valence-corrected chi connectivity index (χ1v) is 5.23. The zero-order valence-corrected chi connectivity index (χ0v) is 9.33. The van der Waals surface area contributed by atoms with Crippen molar-refractivity contribution in [3.63, 3.8) is 0 Å². The summed E-state index contributed by atoms with van der Waals surface area (Å²) in [7, 11) is 1.48. The van der Waals surface area contributed by atoms with Crippen LogP contribution in [0.2, 0.25) is 0 Å². The molecule has 7 heteroatoms. The van der Waals surface area contributed by atoms with Gasteiger partial charge in [-0.25, -0.2) is 0 Å². The lowest BCUT2D eigenvalue weighted by Crippen LogP contribution is -2.56. The van der Waals surface area contributed by atoms with Crippen molar-refractivity contribution in [2.45, 2.75) is 12.8 Å². The molecule has 15 heavy (non-hydrogen) atoms. The van der Waals surface area contributed by atoms with Crippen LogP contribution in [0.25, 0.3) is 0 Å². The maximum atomic E-state index is 9.51. The average molecular weight is 230 g/mol. The van der Waals surface area contributed by atoms with Crippen LogP contribution >= 0.6 is 12.2 Å². The lowest BCUT2D eigenvalue weighted by Gasteiger charge is -2.32. The number of thiocarbonyl (C=S) groups is 1. The summed E-state index contributed by atoms with van der Waals surface area (Å²) in [5, 5.41) is 12.2. The molecule has 1 heterocycles. The molecule has 1 aliphatic carbocycles. The van der Waals surface area contributed by atoms with Gasteiger partial charge in [0.05, 0.1) is 13.7 Å². The molecule has 0 aromatic rings. The second-order valence-electron chi connectivity index (χ2n) is 3.60. The zero-order valence-electron chi connectivity index (χ0n) is 8.51. The smallest absolute Gasteiger partial charge is 0.272 e. The SMILES string of the molecule is COC(=S)NN1CC(C2CC2)=NCN1O. The van der Waals surface area contributed by atoms with Crippen LogP contribution in [-0.2, 0) is 4.74 Å². The first-order valence-electron chi connectivity index (χ1n) is 4.82. The van der Waals surface area contributed by atoms with Gasteiger partial charge in [0.25, 0.3) is 5.17 Å². The number of hydrogen-bond acceptors (Lipinski definition) is 6. The highest BCUT2D eigenvalue weighted by atomic mass is 32.1. The Kier molecular flexibility index (Phi) is 3.15. The van der Waals surface area contributed by atoms with Gasteiger partial charge in [-0.2, -0.15) is 0 Å². The van der Waals surface area contributed by atoms with Gasteiger partial charge >= 0.3 is 0 Å². The van der Waals surface area contributed by atoms with E-state index in [0.29, 0.717) is 12.5 Å². The molecule has 0 aromatic carbocycles. The highest BCUT2D eigenvalue weighted by Gasteiger charge is 2.32. The van der Waals surface area contributed by atoms with Crippen LogP contribution < -0.4 is 5.43 Å². The van der Waals surface area contributed by atoms with Crippen LogP contribution in [0.4, 0.5) is 0 Å². The molecule has 0 unspecified atom stereocenters. The third kappa shape index (κ3) is 2.63. The molecule has 1 saturated carbocycles. The van der Waals surface area contributed by atoms with E-state index >= 15 is 0 Å². The molecule has 84 valence electrons. The lowest BCUT2D eigenvalue weighted by atomic mass is 10.2. The van der Waals surface area contributed by atoms with E-state index in [-0.39, 0.29) is 11.8 Å². The molecule has 0 spiro atoms. The van der Waals surface area contributed by atoms with Crippen LogP contribution in [0, 0.1) is 5.92 Å². The molecular formula is C8H14N4O2S. The molecule has 2 aliphatic rings. The Balaban J connectivity index is 1.93. The predicted molar refractivity (Wildman–Crippen MR) is 58.1 cm³/mol. The third-order valence-electron chi connectivity index (χ3n) is 2.45. The summed E-state index contributed by atoms with van der Waals surface area (Å²) in [6.45, 7) is 0.788. The zero-order chi connectivity index (χ0) is 10.8. The Hall–Kier alpha value is -0.760. The molecule has 0 bridgehead atoms. The summed E-state index contributed by atoms with van der Waals surface area (Å²) in [6, 6.07) is 0. The number of hydroxylamine groups is 1. The highest BCUT2D eigenvalue weighted by Crippen LogP contribution is 2.31. The van der Waals surface area contributed by atoms with Crippen LogP contribution in [0.15, 0.2) is 4.99 Å². The molecule has 1 fully saturated rings. The molecule has 0 atom stereocenters. The van der Waals surface area contributed by atoms with E-state index in [1.807, 2.05) is 0 Å². The topological polar surface area (TPSA) is 60.3 Å². The number of hydrogen-bond donors (Lipinski definition) is 2. The monoisotopic (exact) mass is 230 g/mol. The fraction of sp³-hybridized carbons (Fsp3) is 0.750. The maximum absolute atomic E-state index is 9.51. The van der Waals surface area contributed by atoms with Crippen LogP contribution in [-0.4, -0.2) is 46.7 Å². The standard InChI is InChI=1S/C8H14N4O2S/c1-14-8(15)10-11-4-7(6-2-3-6)9-5-12(11)13/h6,13H,2-5H2,1H3,(H,10,15). The fourth-order valence-electron chi connectivity index (χ4n) is 1.44. The molecule has 2 rings (SSSR count). The van der Waals surface area contributed by atoms with Gasteiger partial charge in [-0.1, -0.05) is 5.17 Å². The van der Waals surface area contributed by atoms with Gasteiger partial charge in [-0.15, -0.1) is 5.12 Å². The number of nitrogens with zero attached hydrogens (tertiary/aromatic N) is 3. The van der Waals surface area contributed by atoms with Crippen molar-refractivity contribution in [1.29, 1.82) is 0 Å². The Morgan fingerprint density at radius 3 is 3.00 bits per heavy atom. The number of rotatable bonds is 2. The number of methoxy groups -OCH3 is 1. The molecule has 6 nitrogen and oxygen atoms in total. The summed E-state index contributed by atoms with van der Waals surface area (Å²) in [6.07, 6.45) is 2.40. The van der Waals surface area contributed by atoms with Gasteiger partial charge in [0.2, 0.25) is 0 Å². The molecule has 2 N–H and O–H groups in total. The number of hydrazine groups is 2. The number of aliphatic imine (C=N–C) groups is 1. The van der Waals surface area contributed by atoms with E-state index in [1.54, 1.807) is 0 Å². The summed E-state index contributed by atoms with van der Waals surface area (Å²) in [4.78, 5) is 4.28. The first kappa shape index (κ1) is 10.7. The normalized spacial score (nSPS) is 23.5. The minimum absolute atomic E-state index is 0.228. The van der Waals surface area contributed by atoms with E-state index in [4.69, 9.17) is 17.0 Å². The van der Waals surface area contributed by atoms with Gasteiger partial charge in [0, 0.05) is 5.71 Å². The van der Waals surface area contributed by atoms with Crippen LogP contribution in [0.5, 0.6) is 0 Å². The van der Waals surface area contributed by atoms with E-state index in [0.717, 1.165) is 10.9 Å². The minimum Gasteiger partial charge on any atom is -0.473 e. The lowest BCUT2D eigenvalue weighted by molar-refractivity contribution is -0.257. The largest absolute Gasteiger partial charge is 0.473 e. The molecule has 0 radical (unpaired) electrons. The predicted octanol–water partition coefficient (Wildman–Crippen LogP) is 0.153. The fourth-order valence-corrected chi connectivity index (χ4v) is 1.54. The minimum atomic E-state index is 0.228. The Labute approximate surface area is 93.4 Å². The highest BCUT2D eigenvalue weighted by molar-refractivity contribution is 7.80. The Morgan fingerprint density at radius 1 is 1.67 bits per heavy atom. The van der Waals surface area contributed by atoms with Crippen molar-refractivity contribution in [3.8, 4) is 0 Å². The van der Waals surface area contributed by atoms with Crippen molar-refractivity contribution in [2.24, 2.45) is 10.9 Å². The first-order chi connectivity index (χ1) is 7.20.